The van der Waals surface area contributed by atoms with Crippen LogP contribution in [0.2, 0.25) is 0 Å². The Kier molecular flexibility index (Phi) is 4.07. The van der Waals surface area contributed by atoms with E-state index in [4.69, 9.17) is 0 Å². The van der Waals surface area contributed by atoms with Gasteiger partial charge in [-0.3, -0.25) is 9.20 Å². The molecule has 0 bridgehead atoms. The molecule has 1 aromatic carbocycles. The molecule has 0 aliphatic carbocycles. The topological polar surface area (TPSA) is 58.8 Å². The van der Waals surface area contributed by atoms with Gasteiger partial charge in [-0.05, 0) is 38.1 Å². The molecule has 0 unspecified atom stereocenters. The van der Waals surface area contributed by atoms with Crippen molar-refractivity contribution in [1.29, 1.82) is 0 Å². The van der Waals surface area contributed by atoms with E-state index in [1.165, 1.54) is 13.0 Å². The Morgan fingerprint density at radius 2 is 2.04 bits per heavy atom. The van der Waals surface area contributed by atoms with Crippen LogP contribution in [-0.4, -0.2) is 21.0 Å². The minimum absolute atomic E-state index is 0.117. The second-order valence-electron chi connectivity index (χ2n) is 5.24. The van der Waals surface area contributed by atoms with Crippen molar-refractivity contribution in [2.24, 2.45) is 5.10 Å². The minimum Gasteiger partial charge on any atom is -0.295 e. The number of carbonyl (C=O) groups excluding carboxylic acids is 1. The summed E-state index contributed by atoms with van der Waals surface area (Å²) in [6.45, 7) is 3.25. The second-order valence-corrected chi connectivity index (χ2v) is 5.24. The molecule has 0 spiro atoms. The van der Waals surface area contributed by atoms with E-state index in [2.05, 4.69) is 15.5 Å². The van der Waals surface area contributed by atoms with Crippen LogP contribution < -0.4 is 5.43 Å². The fourth-order valence-electron chi connectivity index (χ4n) is 2.42. The largest absolute Gasteiger partial charge is 0.295 e. The molecule has 0 fully saturated rings. The van der Waals surface area contributed by atoms with Gasteiger partial charge in [-0.25, -0.2) is 19.2 Å². The van der Waals surface area contributed by atoms with E-state index in [1.54, 1.807) is 29.7 Å². The number of nitrogens with one attached hydrogen (secondary N) is 1. The monoisotopic (exact) mass is 328 g/mol. The number of fused-ring (bicyclic) bond motifs is 1. The van der Waals surface area contributed by atoms with Crippen LogP contribution in [-0.2, 0) is 0 Å². The number of rotatable bonds is 3. The highest BCUT2D eigenvalue weighted by molar-refractivity contribution is 6.01. The lowest BCUT2D eigenvalue weighted by Crippen LogP contribution is -2.22. The van der Waals surface area contributed by atoms with Gasteiger partial charge in [0.1, 0.15) is 23.0 Å². The summed E-state index contributed by atoms with van der Waals surface area (Å²) >= 11 is 0. The molecule has 2 aromatic heterocycles. The number of pyridine rings is 1. The van der Waals surface area contributed by atoms with E-state index in [0.717, 1.165) is 12.1 Å². The summed E-state index contributed by atoms with van der Waals surface area (Å²) in [6.07, 6.45) is 1.72. The van der Waals surface area contributed by atoms with Crippen LogP contribution >= 0.6 is 0 Å². The van der Waals surface area contributed by atoms with E-state index in [1.807, 2.05) is 6.07 Å². The van der Waals surface area contributed by atoms with Crippen LogP contribution in [0, 0.1) is 18.6 Å². The van der Waals surface area contributed by atoms with Crippen molar-refractivity contribution in [2.75, 3.05) is 0 Å². The summed E-state index contributed by atoms with van der Waals surface area (Å²) in [4.78, 5) is 16.7. The summed E-state index contributed by atoms with van der Waals surface area (Å²) in [6, 6.07) is 8.57. The molecule has 2 heterocycles. The normalized spacial score (nSPS) is 11.8. The number of aryl methyl sites for hydroxylation is 1. The first-order valence-corrected chi connectivity index (χ1v) is 7.21. The van der Waals surface area contributed by atoms with E-state index in [9.17, 15) is 13.6 Å². The maximum absolute atomic E-state index is 13.7. The summed E-state index contributed by atoms with van der Waals surface area (Å²) in [5, 5.41) is 3.90. The highest BCUT2D eigenvalue weighted by Gasteiger charge is 2.16. The first-order chi connectivity index (χ1) is 11.5. The van der Waals surface area contributed by atoms with Crippen LogP contribution in [0.3, 0.4) is 0 Å². The van der Waals surface area contributed by atoms with Gasteiger partial charge < -0.3 is 0 Å². The Morgan fingerprint density at radius 3 is 2.79 bits per heavy atom. The molecule has 24 heavy (non-hydrogen) atoms. The van der Waals surface area contributed by atoms with Gasteiger partial charge in [0.05, 0.1) is 11.4 Å². The van der Waals surface area contributed by atoms with Gasteiger partial charge in [0, 0.05) is 17.8 Å². The molecule has 7 heteroatoms. The minimum atomic E-state index is -0.739. The molecule has 0 aliphatic rings. The van der Waals surface area contributed by atoms with E-state index in [-0.39, 0.29) is 11.3 Å². The van der Waals surface area contributed by atoms with Crippen molar-refractivity contribution in [3.8, 4) is 0 Å². The van der Waals surface area contributed by atoms with E-state index < -0.39 is 17.5 Å². The lowest BCUT2D eigenvalue weighted by atomic mass is 10.1. The molecule has 0 atom stereocenters. The average Bonchev–Trinajstić information content (AvgIpc) is 2.88. The maximum atomic E-state index is 13.7. The van der Waals surface area contributed by atoms with Gasteiger partial charge >= 0.3 is 0 Å². The molecule has 0 saturated heterocycles. The van der Waals surface area contributed by atoms with Crippen molar-refractivity contribution in [3.05, 3.63) is 71.2 Å². The van der Waals surface area contributed by atoms with Crippen molar-refractivity contribution >= 4 is 17.3 Å². The summed E-state index contributed by atoms with van der Waals surface area (Å²) in [7, 11) is 0. The molecule has 1 amide bonds. The number of carbonyl (C=O) groups is 1. The Hall–Kier alpha value is -3.09. The maximum Gasteiger partial charge on any atom is 0.290 e. The predicted octanol–water partition coefficient (Wildman–Crippen LogP) is 3.07. The lowest BCUT2D eigenvalue weighted by Gasteiger charge is -2.05. The Balaban J connectivity index is 1.87. The highest BCUT2D eigenvalue weighted by Crippen LogP contribution is 2.13. The molecular weight excluding hydrogens is 314 g/mol. The summed E-state index contributed by atoms with van der Waals surface area (Å²) in [5.74, 6) is -1.88. The molecule has 1 N–H and O–H groups in total. The fourth-order valence-corrected chi connectivity index (χ4v) is 2.42. The molecule has 3 aromatic rings. The van der Waals surface area contributed by atoms with Crippen molar-refractivity contribution in [3.63, 3.8) is 0 Å². The molecule has 0 saturated carbocycles. The van der Waals surface area contributed by atoms with Crippen LogP contribution in [0.15, 0.2) is 47.7 Å². The second kappa shape index (κ2) is 6.19. The van der Waals surface area contributed by atoms with Gasteiger partial charge in [0.25, 0.3) is 5.91 Å². The lowest BCUT2D eigenvalue weighted by molar-refractivity contribution is 0.0948. The molecular formula is C17H14F2N4O. The van der Waals surface area contributed by atoms with E-state index in [0.29, 0.717) is 17.0 Å². The summed E-state index contributed by atoms with van der Waals surface area (Å²) in [5.41, 5.74) is 4.28. The van der Waals surface area contributed by atoms with Gasteiger partial charge in [-0.1, -0.05) is 6.07 Å². The molecule has 5 nitrogen and oxygen atoms in total. The van der Waals surface area contributed by atoms with Gasteiger partial charge in [0.15, 0.2) is 0 Å². The van der Waals surface area contributed by atoms with Crippen molar-refractivity contribution < 1.29 is 13.6 Å². The number of halogens is 2. The standard InChI is InChI=1S/C17H14F2N4O/c1-10(13-7-6-12(18)9-14(13)19)21-22-17(24)16-11(2)20-15-5-3-4-8-23(15)16/h3-9H,1-2H3,(H,22,24)/b21-10-. The Labute approximate surface area is 136 Å². The van der Waals surface area contributed by atoms with Crippen LogP contribution in [0.4, 0.5) is 8.78 Å². The van der Waals surface area contributed by atoms with Gasteiger partial charge in [0.2, 0.25) is 0 Å². The first-order valence-electron chi connectivity index (χ1n) is 7.21. The molecule has 122 valence electrons. The van der Waals surface area contributed by atoms with Gasteiger partial charge in [-0.2, -0.15) is 5.10 Å². The number of aromatic nitrogens is 2. The summed E-state index contributed by atoms with van der Waals surface area (Å²) < 4.78 is 28.3. The third kappa shape index (κ3) is 2.88. The van der Waals surface area contributed by atoms with Crippen molar-refractivity contribution in [1.82, 2.24) is 14.8 Å². The SMILES string of the molecule is C/C(=N/NC(=O)c1c(C)nc2ccccn12)c1ccc(F)cc1F. The first kappa shape index (κ1) is 15.8. The average molecular weight is 328 g/mol. The third-order valence-electron chi connectivity index (χ3n) is 3.57. The predicted molar refractivity (Wildman–Crippen MR) is 86.0 cm³/mol. The third-order valence-corrected chi connectivity index (χ3v) is 3.57. The Bertz CT molecular complexity index is 962. The molecule has 3 rings (SSSR count). The smallest absolute Gasteiger partial charge is 0.290 e. The zero-order valence-electron chi connectivity index (χ0n) is 13.0. The number of hydrogen-bond donors (Lipinski definition) is 1. The van der Waals surface area contributed by atoms with E-state index >= 15 is 0 Å². The molecule has 0 aliphatic heterocycles. The number of nitrogens with zero attached hydrogens (tertiary/aromatic N) is 3. The van der Waals surface area contributed by atoms with Crippen LogP contribution in [0.5, 0.6) is 0 Å². The fraction of sp³-hybridized carbons (Fsp3) is 0.118. The zero-order chi connectivity index (χ0) is 17.3. The van der Waals surface area contributed by atoms with Gasteiger partial charge in [-0.15, -0.1) is 0 Å². The van der Waals surface area contributed by atoms with Crippen LogP contribution in [0.25, 0.3) is 5.65 Å². The zero-order valence-corrected chi connectivity index (χ0v) is 13.0. The number of benzene rings is 1. The van der Waals surface area contributed by atoms with Crippen LogP contribution in [0.1, 0.15) is 28.7 Å². The quantitative estimate of drug-likeness (QED) is 0.593. The molecule has 0 radical (unpaired) electrons. The number of hydrazone groups is 1. The Morgan fingerprint density at radius 1 is 1.25 bits per heavy atom. The highest BCUT2D eigenvalue weighted by atomic mass is 19.1. The van der Waals surface area contributed by atoms with Crippen molar-refractivity contribution in [2.45, 2.75) is 13.8 Å². The number of amides is 1. The number of hydrogen-bond acceptors (Lipinski definition) is 3. The number of imidazole rings is 1.